The summed E-state index contributed by atoms with van der Waals surface area (Å²) in [5.74, 6) is 0.867. The number of furan rings is 1. The zero-order valence-electron chi connectivity index (χ0n) is 24.3. The maximum atomic E-state index is 10.8. The number of para-hydroxylation sites is 1. The topological polar surface area (TPSA) is 89.9 Å². The van der Waals surface area contributed by atoms with Gasteiger partial charge in [-0.05, 0) is 52.9 Å². The van der Waals surface area contributed by atoms with Crippen LogP contribution in [-0.4, -0.2) is 29.6 Å². The van der Waals surface area contributed by atoms with Crippen molar-refractivity contribution < 1.29 is 30.6 Å². The van der Waals surface area contributed by atoms with E-state index in [0.29, 0.717) is 27.9 Å². The van der Waals surface area contributed by atoms with Gasteiger partial charge in [0, 0.05) is 38.3 Å². The molecule has 7 aromatic rings. The van der Waals surface area contributed by atoms with Crippen LogP contribution in [0.2, 0.25) is 0 Å². The summed E-state index contributed by atoms with van der Waals surface area (Å²) in [6.45, 7) is 13.0. The van der Waals surface area contributed by atoms with Crippen molar-refractivity contribution in [2.24, 2.45) is 0 Å². The molecule has 1 N–H and O–H groups in total. The number of aromatic nitrogens is 5. The molecule has 42 heavy (non-hydrogen) atoms. The van der Waals surface area contributed by atoms with Gasteiger partial charge in [-0.3, -0.25) is 0 Å². The molecule has 0 saturated heterocycles. The van der Waals surface area contributed by atoms with E-state index in [2.05, 4.69) is 92.5 Å². The van der Waals surface area contributed by atoms with Crippen LogP contribution in [0.15, 0.2) is 71.5 Å². The number of benzene rings is 1. The molecule has 6 aromatic heterocycles. The average molecular weight is 736 g/mol. The summed E-state index contributed by atoms with van der Waals surface area (Å²) in [7, 11) is 0. The second kappa shape index (κ2) is 9.74. The number of hydrogen-bond acceptors (Lipinski definition) is 6. The Bertz CT molecular complexity index is 2090. The molecule has 8 heteroatoms. The van der Waals surface area contributed by atoms with Gasteiger partial charge in [0.25, 0.3) is 0 Å². The maximum Gasteiger partial charge on any atom is 0.232 e. The van der Waals surface area contributed by atoms with Crippen molar-refractivity contribution in [1.29, 1.82) is 0 Å². The number of fused-ring (bicyclic) bond motifs is 6. The van der Waals surface area contributed by atoms with E-state index in [-0.39, 0.29) is 37.6 Å². The minimum absolute atomic E-state index is 0. The number of aromatic hydroxyl groups is 1. The van der Waals surface area contributed by atoms with Crippen LogP contribution in [0.25, 0.3) is 61.2 Å². The fourth-order valence-corrected chi connectivity index (χ4v) is 5.50. The molecule has 0 spiro atoms. The van der Waals surface area contributed by atoms with Gasteiger partial charge in [0.15, 0.2) is 5.58 Å². The van der Waals surface area contributed by atoms with Gasteiger partial charge in [0.05, 0.1) is 11.4 Å². The molecule has 0 atom stereocenters. The number of pyridine rings is 4. The van der Waals surface area contributed by atoms with E-state index < -0.39 is 0 Å². The molecule has 0 unspecified atom stereocenters. The standard InChI is InChI=1S/C34H30N5O2.Pt/c1-33(2,3)19-15-23(37-28(16-19)39-25-10-8-7-9-20(25)21-18-35-13-11-26(21)39)24-17-22(34(4,5)6)31-30(38-24)29-27(40)12-14-36-32(29)41-31;/h7-10,12-18H,1-6H3,(H,36,40);/q-1;. The molecule has 0 bridgehead atoms. The SMILES string of the molecule is CC(C)(C)c1cc(-c2cc(C(C)(C)C)c3oc4nccc(O)c4c3n2)nc(-n2c3[c-]cncc3c3ccccc32)c1.[Pt]. The van der Waals surface area contributed by atoms with E-state index in [1.165, 1.54) is 6.20 Å². The normalized spacial score (nSPS) is 12.4. The molecule has 0 aliphatic carbocycles. The van der Waals surface area contributed by atoms with Gasteiger partial charge in [0.2, 0.25) is 5.71 Å². The Morgan fingerprint density at radius 1 is 0.881 bits per heavy atom. The van der Waals surface area contributed by atoms with E-state index >= 15 is 0 Å². The van der Waals surface area contributed by atoms with Crippen LogP contribution in [0.1, 0.15) is 52.7 Å². The summed E-state index contributed by atoms with van der Waals surface area (Å²) < 4.78 is 8.32. The molecule has 0 amide bonds. The van der Waals surface area contributed by atoms with Gasteiger partial charge in [-0.1, -0.05) is 71.3 Å². The van der Waals surface area contributed by atoms with Gasteiger partial charge in [-0.25, -0.2) is 21.0 Å². The summed E-state index contributed by atoms with van der Waals surface area (Å²) >= 11 is 0. The predicted molar refractivity (Wildman–Crippen MR) is 163 cm³/mol. The van der Waals surface area contributed by atoms with Crippen molar-refractivity contribution >= 4 is 44.0 Å². The van der Waals surface area contributed by atoms with E-state index in [4.69, 9.17) is 14.4 Å². The summed E-state index contributed by atoms with van der Waals surface area (Å²) in [6.07, 6.45) is 5.12. The maximum absolute atomic E-state index is 10.8. The zero-order chi connectivity index (χ0) is 28.7. The van der Waals surface area contributed by atoms with Crippen LogP contribution < -0.4 is 0 Å². The molecule has 1 aromatic carbocycles. The van der Waals surface area contributed by atoms with Crippen molar-refractivity contribution in [1.82, 2.24) is 24.5 Å². The molecule has 0 fully saturated rings. The number of hydrogen-bond donors (Lipinski definition) is 1. The van der Waals surface area contributed by atoms with E-state index in [1.807, 2.05) is 18.3 Å². The Hall–Kier alpha value is -4.09. The molecule has 0 aliphatic rings. The van der Waals surface area contributed by atoms with Gasteiger partial charge < -0.3 is 19.1 Å². The minimum atomic E-state index is -0.265. The van der Waals surface area contributed by atoms with Gasteiger partial charge in [-0.15, -0.1) is 10.9 Å². The van der Waals surface area contributed by atoms with Crippen LogP contribution >= 0.6 is 0 Å². The third-order valence-corrected chi connectivity index (χ3v) is 7.67. The van der Waals surface area contributed by atoms with Crippen molar-refractivity contribution in [3.63, 3.8) is 0 Å². The van der Waals surface area contributed by atoms with E-state index in [9.17, 15) is 5.11 Å². The summed E-state index contributed by atoms with van der Waals surface area (Å²) in [5.41, 5.74) is 6.63. The predicted octanol–water partition coefficient (Wildman–Crippen LogP) is 8.03. The van der Waals surface area contributed by atoms with Crippen molar-refractivity contribution in [3.05, 3.63) is 84.3 Å². The summed E-state index contributed by atoms with van der Waals surface area (Å²) in [4.78, 5) is 19.0. The second-order valence-corrected chi connectivity index (χ2v) is 12.6. The summed E-state index contributed by atoms with van der Waals surface area (Å²) in [5, 5.41) is 13.4. The first-order chi connectivity index (χ1) is 19.5. The monoisotopic (exact) mass is 735 g/mol. The fourth-order valence-electron chi connectivity index (χ4n) is 5.50. The first-order valence-corrected chi connectivity index (χ1v) is 13.7. The number of nitrogens with zero attached hydrogens (tertiary/aromatic N) is 5. The third-order valence-electron chi connectivity index (χ3n) is 7.67. The molecule has 7 nitrogen and oxygen atoms in total. The van der Waals surface area contributed by atoms with Crippen LogP contribution in [0.5, 0.6) is 5.75 Å². The van der Waals surface area contributed by atoms with Gasteiger partial charge in [0.1, 0.15) is 22.5 Å². The van der Waals surface area contributed by atoms with Crippen molar-refractivity contribution in [3.8, 4) is 23.0 Å². The Balaban J connectivity index is 0.00000316. The Morgan fingerprint density at radius 2 is 1.64 bits per heavy atom. The van der Waals surface area contributed by atoms with Crippen LogP contribution in [0.3, 0.4) is 0 Å². The summed E-state index contributed by atoms with van der Waals surface area (Å²) in [6, 6.07) is 19.5. The molecule has 6 heterocycles. The second-order valence-electron chi connectivity index (χ2n) is 12.6. The average Bonchev–Trinajstić information content (AvgIpc) is 3.48. The fraction of sp³-hybridized carbons (Fsp3) is 0.235. The van der Waals surface area contributed by atoms with Gasteiger partial charge >= 0.3 is 0 Å². The zero-order valence-corrected chi connectivity index (χ0v) is 26.5. The Kier molecular flexibility index (Phi) is 6.50. The van der Waals surface area contributed by atoms with Gasteiger partial charge in [-0.2, -0.15) is 0 Å². The van der Waals surface area contributed by atoms with Crippen LogP contribution in [-0.2, 0) is 31.9 Å². The van der Waals surface area contributed by atoms with Crippen LogP contribution in [0, 0.1) is 6.07 Å². The first-order valence-electron chi connectivity index (χ1n) is 13.7. The molecular formula is C34H30N5O2Pt-. The third kappa shape index (κ3) is 4.38. The molecular weight excluding hydrogens is 705 g/mol. The molecule has 214 valence electrons. The molecule has 0 aliphatic heterocycles. The van der Waals surface area contributed by atoms with E-state index in [0.717, 1.165) is 44.4 Å². The van der Waals surface area contributed by atoms with E-state index in [1.54, 1.807) is 12.3 Å². The van der Waals surface area contributed by atoms with Crippen molar-refractivity contribution in [2.75, 3.05) is 0 Å². The molecule has 7 rings (SSSR count). The Labute approximate surface area is 257 Å². The largest absolute Gasteiger partial charge is 0.507 e. The van der Waals surface area contributed by atoms with Crippen LogP contribution in [0.4, 0.5) is 0 Å². The molecule has 0 radical (unpaired) electrons. The number of rotatable bonds is 2. The smallest absolute Gasteiger partial charge is 0.232 e. The first kappa shape index (κ1) is 28.0. The Morgan fingerprint density at radius 3 is 2.40 bits per heavy atom. The van der Waals surface area contributed by atoms with Crippen molar-refractivity contribution in [2.45, 2.75) is 52.4 Å². The quantitative estimate of drug-likeness (QED) is 0.181. The minimum Gasteiger partial charge on any atom is -0.507 e. The molecule has 0 saturated carbocycles.